The molecule has 3 heteroatoms. The lowest BCUT2D eigenvalue weighted by Crippen LogP contribution is -2.44. The fourth-order valence-corrected chi connectivity index (χ4v) is 1.77. The summed E-state index contributed by atoms with van der Waals surface area (Å²) in [7, 11) is 0. The summed E-state index contributed by atoms with van der Waals surface area (Å²) in [4.78, 5) is 13.8. The lowest BCUT2D eigenvalue weighted by molar-refractivity contribution is -0.132. The third-order valence-electron chi connectivity index (χ3n) is 3.05. The van der Waals surface area contributed by atoms with Crippen LogP contribution in [0.1, 0.15) is 32.6 Å². The van der Waals surface area contributed by atoms with Crippen molar-refractivity contribution in [1.82, 2.24) is 4.90 Å². The number of hydrogen-bond acceptors (Lipinski definition) is 2. The van der Waals surface area contributed by atoms with Crippen molar-refractivity contribution in [2.45, 2.75) is 38.6 Å². The topological polar surface area (TPSA) is 46.3 Å². The van der Waals surface area contributed by atoms with Crippen LogP contribution in [0.15, 0.2) is 0 Å². The first-order valence-corrected chi connectivity index (χ1v) is 5.71. The van der Waals surface area contributed by atoms with E-state index in [9.17, 15) is 4.79 Å². The number of nitrogens with two attached hydrogens (primary N) is 1. The van der Waals surface area contributed by atoms with Crippen LogP contribution in [0.25, 0.3) is 0 Å². The maximum absolute atomic E-state index is 11.8. The van der Waals surface area contributed by atoms with Crippen LogP contribution in [0.3, 0.4) is 0 Å². The first-order valence-electron chi connectivity index (χ1n) is 5.71. The van der Waals surface area contributed by atoms with Crippen molar-refractivity contribution in [3.8, 4) is 0 Å². The zero-order valence-electron chi connectivity index (χ0n) is 8.91. The van der Waals surface area contributed by atoms with E-state index in [1.54, 1.807) is 6.92 Å². The molecule has 2 N–H and O–H groups in total. The maximum Gasteiger partial charge on any atom is 0.239 e. The quantitative estimate of drug-likeness (QED) is 0.712. The van der Waals surface area contributed by atoms with E-state index >= 15 is 0 Å². The molecule has 14 heavy (non-hydrogen) atoms. The van der Waals surface area contributed by atoms with E-state index in [4.69, 9.17) is 5.73 Å². The normalized spacial score (nSPS) is 23.3. The number of amides is 1. The molecule has 0 unspecified atom stereocenters. The molecule has 2 saturated carbocycles. The molecule has 0 aromatic heterocycles. The highest BCUT2D eigenvalue weighted by atomic mass is 16.2. The lowest BCUT2D eigenvalue weighted by Gasteiger charge is -2.24. The molecule has 2 aliphatic carbocycles. The van der Waals surface area contributed by atoms with E-state index in [1.807, 2.05) is 4.90 Å². The van der Waals surface area contributed by atoms with Gasteiger partial charge in [-0.3, -0.25) is 4.79 Å². The number of nitrogens with zero attached hydrogens (tertiary/aromatic N) is 1. The van der Waals surface area contributed by atoms with Gasteiger partial charge >= 0.3 is 0 Å². The predicted molar refractivity (Wildman–Crippen MR) is 55.7 cm³/mol. The number of rotatable bonds is 5. The van der Waals surface area contributed by atoms with Crippen LogP contribution in [-0.4, -0.2) is 29.9 Å². The van der Waals surface area contributed by atoms with E-state index in [-0.39, 0.29) is 11.9 Å². The van der Waals surface area contributed by atoms with Crippen LogP contribution >= 0.6 is 0 Å². The van der Waals surface area contributed by atoms with Crippen molar-refractivity contribution in [3.63, 3.8) is 0 Å². The van der Waals surface area contributed by atoms with Gasteiger partial charge in [-0.2, -0.15) is 0 Å². The molecule has 0 aromatic carbocycles. The Labute approximate surface area is 85.6 Å². The summed E-state index contributed by atoms with van der Waals surface area (Å²) in [5, 5.41) is 0. The second-order valence-electron chi connectivity index (χ2n) is 4.92. The molecule has 3 nitrogen and oxygen atoms in total. The van der Waals surface area contributed by atoms with Gasteiger partial charge < -0.3 is 10.6 Å². The van der Waals surface area contributed by atoms with Crippen LogP contribution in [0.5, 0.6) is 0 Å². The van der Waals surface area contributed by atoms with E-state index in [1.165, 1.54) is 25.7 Å². The molecule has 0 spiro atoms. The standard InChI is InChI=1S/C11H20N2O/c1-8(12)11(14)13(6-9-2-3-9)7-10-4-5-10/h8-10H,2-7,12H2,1H3/t8-/m0/s1. The molecule has 0 radical (unpaired) electrons. The third-order valence-corrected chi connectivity index (χ3v) is 3.05. The summed E-state index contributed by atoms with van der Waals surface area (Å²) in [6.07, 6.45) is 5.20. The van der Waals surface area contributed by atoms with Crippen LogP contribution in [0.4, 0.5) is 0 Å². The fourth-order valence-electron chi connectivity index (χ4n) is 1.77. The van der Waals surface area contributed by atoms with E-state index in [0.29, 0.717) is 0 Å². The summed E-state index contributed by atoms with van der Waals surface area (Å²) >= 11 is 0. The highest BCUT2D eigenvalue weighted by Gasteiger charge is 2.32. The first kappa shape index (κ1) is 9.97. The van der Waals surface area contributed by atoms with Crippen molar-refractivity contribution in [1.29, 1.82) is 0 Å². The largest absolute Gasteiger partial charge is 0.341 e. The van der Waals surface area contributed by atoms with Gasteiger partial charge in [0.05, 0.1) is 6.04 Å². The van der Waals surface area contributed by atoms with Gasteiger partial charge in [0, 0.05) is 13.1 Å². The molecule has 0 saturated heterocycles. The number of hydrogen-bond donors (Lipinski definition) is 1. The molecular formula is C11H20N2O. The number of carbonyl (C=O) groups excluding carboxylic acids is 1. The summed E-state index contributed by atoms with van der Waals surface area (Å²) in [6.45, 7) is 3.70. The fraction of sp³-hybridized carbons (Fsp3) is 0.909. The third kappa shape index (κ3) is 2.71. The summed E-state index contributed by atoms with van der Waals surface area (Å²) < 4.78 is 0. The SMILES string of the molecule is C[C@H](N)C(=O)N(CC1CC1)CC1CC1. The Hall–Kier alpha value is -0.570. The molecule has 2 fully saturated rings. The smallest absolute Gasteiger partial charge is 0.239 e. The second-order valence-corrected chi connectivity index (χ2v) is 4.92. The summed E-state index contributed by atoms with van der Waals surface area (Å²) in [5.74, 6) is 1.69. The summed E-state index contributed by atoms with van der Waals surface area (Å²) in [5.41, 5.74) is 5.64. The minimum absolute atomic E-state index is 0.142. The molecule has 0 aromatic rings. The molecule has 1 amide bonds. The maximum atomic E-state index is 11.8. The summed E-state index contributed by atoms with van der Waals surface area (Å²) in [6, 6.07) is -0.326. The van der Waals surface area contributed by atoms with Gasteiger partial charge in [-0.1, -0.05) is 0 Å². The lowest BCUT2D eigenvalue weighted by atomic mass is 10.2. The van der Waals surface area contributed by atoms with Gasteiger partial charge in [0.25, 0.3) is 0 Å². The van der Waals surface area contributed by atoms with Crippen LogP contribution in [0.2, 0.25) is 0 Å². The molecule has 2 rings (SSSR count). The molecule has 0 aliphatic heterocycles. The van der Waals surface area contributed by atoms with Crippen molar-refractivity contribution >= 4 is 5.91 Å². The van der Waals surface area contributed by atoms with Gasteiger partial charge in [0.2, 0.25) is 5.91 Å². The minimum atomic E-state index is -0.326. The van der Waals surface area contributed by atoms with Crippen molar-refractivity contribution < 1.29 is 4.79 Å². The second kappa shape index (κ2) is 3.89. The van der Waals surface area contributed by atoms with Crippen LogP contribution in [-0.2, 0) is 4.79 Å². The Morgan fingerprint density at radius 2 is 1.71 bits per heavy atom. The molecule has 2 aliphatic rings. The highest BCUT2D eigenvalue weighted by molar-refractivity contribution is 5.81. The van der Waals surface area contributed by atoms with Crippen LogP contribution in [0, 0.1) is 11.8 Å². The Kier molecular flexibility index (Phi) is 2.77. The Bertz CT molecular complexity index is 205. The van der Waals surface area contributed by atoms with Gasteiger partial charge in [-0.15, -0.1) is 0 Å². The zero-order valence-corrected chi connectivity index (χ0v) is 8.91. The average molecular weight is 196 g/mol. The highest BCUT2D eigenvalue weighted by Crippen LogP contribution is 2.33. The number of carbonyl (C=O) groups is 1. The molecular weight excluding hydrogens is 176 g/mol. The van der Waals surface area contributed by atoms with Gasteiger partial charge in [0.1, 0.15) is 0 Å². The minimum Gasteiger partial charge on any atom is -0.341 e. The van der Waals surface area contributed by atoms with Crippen molar-refractivity contribution in [2.75, 3.05) is 13.1 Å². The van der Waals surface area contributed by atoms with E-state index in [0.717, 1.165) is 24.9 Å². The Morgan fingerprint density at radius 3 is 2.00 bits per heavy atom. The average Bonchev–Trinajstić information content (AvgIpc) is 2.94. The van der Waals surface area contributed by atoms with E-state index < -0.39 is 0 Å². The monoisotopic (exact) mass is 196 g/mol. The van der Waals surface area contributed by atoms with Crippen LogP contribution < -0.4 is 5.73 Å². The van der Waals surface area contributed by atoms with Gasteiger partial charge in [-0.05, 0) is 44.4 Å². The van der Waals surface area contributed by atoms with E-state index in [2.05, 4.69) is 0 Å². The van der Waals surface area contributed by atoms with Crippen molar-refractivity contribution in [3.05, 3.63) is 0 Å². The Balaban J connectivity index is 1.85. The van der Waals surface area contributed by atoms with Crippen molar-refractivity contribution in [2.24, 2.45) is 17.6 Å². The molecule has 0 heterocycles. The first-order chi connectivity index (χ1) is 6.66. The zero-order chi connectivity index (χ0) is 10.1. The molecule has 0 bridgehead atoms. The molecule has 1 atom stereocenters. The Morgan fingerprint density at radius 1 is 1.29 bits per heavy atom. The van der Waals surface area contributed by atoms with Gasteiger partial charge in [0.15, 0.2) is 0 Å². The molecule has 80 valence electrons. The predicted octanol–water partition coefficient (Wildman–Crippen LogP) is 0.982. The van der Waals surface area contributed by atoms with Gasteiger partial charge in [-0.25, -0.2) is 0 Å².